The number of fused-ring (bicyclic) bond motifs is 1. The minimum atomic E-state index is -0.445. The summed E-state index contributed by atoms with van der Waals surface area (Å²) in [6, 6.07) is 17.1. The molecule has 0 amide bonds. The molecular weight excluding hydrogens is 276 g/mol. The topological polar surface area (TPSA) is 59.2 Å². The number of benzene rings is 2. The smallest absolute Gasteiger partial charge is 0.0659 e. The molecule has 1 aromatic heterocycles. The third-order valence-electron chi connectivity index (χ3n) is 3.93. The number of hydrogen-bond donors (Lipinski definition) is 2. The lowest BCUT2D eigenvalue weighted by molar-refractivity contribution is -0.201. The Morgan fingerprint density at radius 1 is 1.05 bits per heavy atom. The second-order valence-electron chi connectivity index (χ2n) is 5.46. The number of aliphatic hydroxyl groups is 1. The number of rotatable bonds is 6. The van der Waals surface area contributed by atoms with E-state index in [2.05, 4.69) is 4.98 Å². The molecule has 22 heavy (non-hydrogen) atoms. The number of nitrogens with zero attached hydrogens (tertiary/aromatic N) is 1. The van der Waals surface area contributed by atoms with Crippen molar-refractivity contribution in [1.29, 1.82) is 0 Å². The number of aliphatic hydroxyl groups excluding tert-OH is 1. The number of H-pyrrole nitrogens is 1. The maximum atomic E-state index is 12.4. The van der Waals surface area contributed by atoms with E-state index in [1.165, 1.54) is 0 Å². The van der Waals surface area contributed by atoms with Gasteiger partial charge in [0.1, 0.15) is 0 Å². The third-order valence-corrected chi connectivity index (χ3v) is 3.93. The summed E-state index contributed by atoms with van der Waals surface area (Å²) in [7, 11) is 0. The summed E-state index contributed by atoms with van der Waals surface area (Å²) in [5, 5.41) is 24.0. The van der Waals surface area contributed by atoms with Gasteiger partial charge in [-0.1, -0.05) is 48.5 Å². The predicted octanol–water partition coefficient (Wildman–Crippen LogP) is 2.92. The van der Waals surface area contributed by atoms with Crippen molar-refractivity contribution >= 4 is 10.9 Å². The van der Waals surface area contributed by atoms with Crippen LogP contribution in [-0.4, -0.2) is 27.8 Å². The predicted molar refractivity (Wildman–Crippen MR) is 85.5 cm³/mol. The zero-order chi connectivity index (χ0) is 15.4. The molecule has 1 atom stereocenters. The molecule has 2 aromatic carbocycles. The van der Waals surface area contributed by atoms with Crippen LogP contribution in [0.2, 0.25) is 0 Å². The molecule has 1 radical (unpaired) electrons. The minimum Gasteiger partial charge on any atom is -0.395 e. The lowest BCUT2D eigenvalue weighted by Gasteiger charge is -2.22. The van der Waals surface area contributed by atoms with Crippen LogP contribution in [0.4, 0.5) is 0 Å². The molecule has 0 bridgehead atoms. The average molecular weight is 295 g/mol. The van der Waals surface area contributed by atoms with Crippen LogP contribution < -0.4 is 0 Å². The van der Waals surface area contributed by atoms with Crippen LogP contribution in [-0.2, 0) is 18.2 Å². The molecule has 4 heteroatoms. The largest absolute Gasteiger partial charge is 0.395 e. The number of para-hydroxylation sites is 1. The standard InChI is InChI=1S/C18H19N2O2/c21-13-16(20(22)12-14-6-2-1-3-7-14)10-15-11-19-18-9-5-4-8-17(15)18/h1-9,11,16,19,21H,10,12-13H2/t16-/m0/s1. The van der Waals surface area contributed by atoms with Crippen LogP contribution in [0, 0.1) is 0 Å². The first-order valence-electron chi connectivity index (χ1n) is 7.41. The molecule has 113 valence electrons. The highest BCUT2D eigenvalue weighted by Gasteiger charge is 2.19. The first kappa shape index (κ1) is 14.8. The summed E-state index contributed by atoms with van der Waals surface area (Å²) in [5.74, 6) is 0. The Hall–Kier alpha value is -2.14. The molecule has 1 heterocycles. The van der Waals surface area contributed by atoms with Gasteiger partial charge in [-0.05, 0) is 23.6 Å². The van der Waals surface area contributed by atoms with Gasteiger partial charge in [0.05, 0.1) is 19.2 Å². The monoisotopic (exact) mass is 295 g/mol. The molecule has 0 aliphatic carbocycles. The summed E-state index contributed by atoms with van der Waals surface area (Å²) >= 11 is 0. The average Bonchev–Trinajstić information content (AvgIpc) is 2.96. The normalized spacial score (nSPS) is 12.9. The van der Waals surface area contributed by atoms with Crippen LogP contribution in [0.5, 0.6) is 0 Å². The van der Waals surface area contributed by atoms with Gasteiger partial charge in [0.2, 0.25) is 0 Å². The molecule has 0 fully saturated rings. The van der Waals surface area contributed by atoms with E-state index in [9.17, 15) is 10.3 Å². The Balaban J connectivity index is 1.74. The molecule has 0 unspecified atom stereocenters. The summed E-state index contributed by atoms with van der Waals surface area (Å²) < 4.78 is 0. The molecule has 3 aromatic rings. The van der Waals surface area contributed by atoms with Crippen molar-refractivity contribution in [1.82, 2.24) is 10.0 Å². The number of hydrogen-bond acceptors (Lipinski definition) is 2. The summed E-state index contributed by atoms with van der Waals surface area (Å²) in [6.45, 7) is 0.129. The zero-order valence-corrected chi connectivity index (χ0v) is 12.3. The van der Waals surface area contributed by atoms with Gasteiger partial charge in [0, 0.05) is 17.1 Å². The van der Waals surface area contributed by atoms with Crippen molar-refractivity contribution in [2.45, 2.75) is 19.0 Å². The molecular formula is C18H19N2O2. The van der Waals surface area contributed by atoms with E-state index in [0.717, 1.165) is 27.1 Å². The summed E-state index contributed by atoms with van der Waals surface area (Å²) in [5.41, 5.74) is 3.06. The number of nitrogens with one attached hydrogen (secondary N) is 1. The fourth-order valence-corrected chi connectivity index (χ4v) is 2.70. The molecule has 0 aliphatic heterocycles. The van der Waals surface area contributed by atoms with Gasteiger partial charge in [-0.2, -0.15) is 0 Å². The third kappa shape index (κ3) is 3.20. The molecule has 4 nitrogen and oxygen atoms in total. The Labute approximate surface area is 129 Å². The highest BCUT2D eigenvalue weighted by Crippen LogP contribution is 2.20. The summed E-state index contributed by atoms with van der Waals surface area (Å²) in [4.78, 5) is 3.20. The second kappa shape index (κ2) is 6.75. The number of hydroxylamine groups is 2. The molecule has 0 spiro atoms. The molecule has 0 saturated carbocycles. The van der Waals surface area contributed by atoms with Gasteiger partial charge in [0.15, 0.2) is 0 Å². The van der Waals surface area contributed by atoms with Crippen LogP contribution in [0.3, 0.4) is 0 Å². The maximum Gasteiger partial charge on any atom is 0.0659 e. The summed E-state index contributed by atoms with van der Waals surface area (Å²) in [6.07, 6.45) is 2.44. The second-order valence-corrected chi connectivity index (χ2v) is 5.46. The lowest BCUT2D eigenvalue weighted by Crippen LogP contribution is -2.35. The Morgan fingerprint density at radius 2 is 1.77 bits per heavy atom. The SMILES string of the molecule is [O]N(Cc1ccccc1)[C@H](CO)Cc1c[nH]c2ccccc12. The van der Waals surface area contributed by atoms with Gasteiger partial charge >= 0.3 is 0 Å². The van der Waals surface area contributed by atoms with Crippen molar-refractivity contribution in [3.63, 3.8) is 0 Å². The van der Waals surface area contributed by atoms with Gasteiger partial charge < -0.3 is 10.1 Å². The van der Waals surface area contributed by atoms with Gasteiger partial charge in [0.25, 0.3) is 0 Å². The van der Waals surface area contributed by atoms with Crippen LogP contribution >= 0.6 is 0 Å². The van der Waals surface area contributed by atoms with Gasteiger partial charge in [-0.3, -0.25) is 0 Å². The molecule has 0 saturated heterocycles. The maximum absolute atomic E-state index is 12.4. The van der Waals surface area contributed by atoms with Crippen molar-refractivity contribution in [3.8, 4) is 0 Å². The van der Waals surface area contributed by atoms with Crippen molar-refractivity contribution < 1.29 is 10.3 Å². The van der Waals surface area contributed by atoms with Crippen LogP contribution in [0.25, 0.3) is 10.9 Å². The number of aromatic nitrogens is 1. The molecule has 3 rings (SSSR count). The Morgan fingerprint density at radius 3 is 2.55 bits per heavy atom. The number of aromatic amines is 1. The van der Waals surface area contributed by atoms with Crippen LogP contribution in [0.1, 0.15) is 11.1 Å². The zero-order valence-electron chi connectivity index (χ0n) is 12.3. The molecule has 2 N–H and O–H groups in total. The van der Waals surface area contributed by atoms with E-state index in [0.29, 0.717) is 6.42 Å². The van der Waals surface area contributed by atoms with E-state index < -0.39 is 6.04 Å². The van der Waals surface area contributed by atoms with Crippen molar-refractivity contribution in [2.24, 2.45) is 0 Å². The fourth-order valence-electron chi connectivity index (χ4n) is 2.70. The quantitative estimate of drug-likeness (QED) is 0.687. The van der Waals surface area contributed by atoms with Crippen molar-refractivity contribution in [3.05, 3.63) is 71.9 Å². The Bertz CT molecular complexity index is 724. The van der Waals surface area contributed by atoms with Gasteiger partial charge in [-0.15, -0.1) is 10.3 Å². The van der Waals surface area contributed by atoms with Crippen molar-refractivity contribution in [2.75, 3.05) is 6.61 Å². The Kier molecular flexibility index (Phi) is 4.53. The minimum absolute atomic E-state index is 0.157. The molecule has 0 aliphatic rings. The van der Waals surface area contributed by atoms with E-state index in [1.807, 2.05) is 60.8 Å². The van der Waals surface area contributed by atoms with E-state index in [1.54, 1.807) is 0 Å². The highest BCUT2D eigenvalue weighted by molar-refractivity contribution is 5.83. The van der Waals surface area contributed by atoms with Crippen LogP contribution in [0.15, 0.2) is 60.8 Å². The highest BCUT2D eigenvalue weighted by atomic mass is 16.5. The van der Waals surface area contributed by atoms with Gasteiger partial charge in [-0.25, -0.2) is 0 Å². The van der Waals surface area contributed by atoms with E-state index in [4.69, 9.17) is 0 Å². The van der Waals surface area contributed by atoms with E-state index >= 15 is 0 Å². The first-order valence-corrected chi connectivity index (χ1v) is 7.41. The lowest BCUT2D eigenvalue weighted by atomic mass is 10.0. The first-order chi connectivity index (χ1) is 10.8. The van der Waals surface area contributed by atoms with E-state index in [-0.39, 0.29) is 13.2 Å². The fraction of sp³-hybridized carbons (Fsp3) is 0.222.